The summed E-state index contributed by atoms with van der Waals surface area (Å²) in [5, 5.41) is 8.18. The smallest absolute Gasteiger partial charge is 0.228 e. The third-order valence-electron chi connectivity index (χ3n) is 4.15. The van der Waals surface area contributed by atoms with Crippen molar-refractivity contribution in [1.29, 1.82) is 0 Å². The lowest BCUT2D eigenvalue weighted by Crippen LogP contribution is -2.13. The molecule has 0 fully saturated rings. The maximum absolute atomic E-state index is 12.3. The maximum Gasteiger partial charge on any atom is 0.228 e. The number of hydrogen-bond donors (Lipinski definition) is 1. The van der Waals surface area contributed by atoms with E-state index >= 15 is 0 Å². The molecule has 0 saturated carbocycles. The second-order valence-corrected chi connectivity index (χ2v) is 7.34. The summed E-state index contributed by atoms with van der Waals surface area (Å²) in [6, 6.07) is 17.6. The summed E-state index contributed by atoms with van der Waals surface area (Å²) in [6.45, 7) is 0. The number of aromatic nitrogens is 4. The Bertz CT molecular complexity index is 1070. The molecule has 0 bridgehead atoms. The fourth-order valence-electron chi connectivity index (χ4n) is 2.73. The highest BCUT2D eigenvalue weighted by molar-refractivity contribution is 7.99. The van der Waals surface area contributed by atoms with Crippen LogP contribution in [0.3, 0.4) is 0 Å². The predicted molar refractivity (Wildman–Crippen MR) is 110 cm³/mol. The van der Waals surface area contributed by atoms with Gasteiger partial charge in [-0.2, -0.15) is 5.10 Å². The summed E-state index contributed by atoms with van der Waals surface area (Å²) in [7, 11) is 1.96. The molecule has 7 heteroatoms. The second kappa shape index (κ2) is 8.14. The average Bonchev–Trinajstić information content (AvgIpc) is 3.33. The van der Waals surface area contributed by atoms with Crippen molar-refractivity contribution in [1.82, 2.24) is 19.3 Å². The van der Waals surface area contributed by atoms with E-state index in [1.54, 1.807) is 28.8 Å². The second-order valence-electron chi connectivity index (χ2n) is 6.30. The Labute approximate surface area is 167 Å². The predicted octanol–water partition coefficient (Wildman–Crippen LogP) is 3.94. The van der Waals surface area contributed by atoms with Gasteiger partial charge in [-0.05, 0) is 42.0 Å². The molecular formula is C21H19N5OS. The molecular weight excluding hydrogens is 370 g/mol. The van der Waals surface area contributed by atoms with E-state index in [-0.39, 0.29) is 12.3 Å². The molecule has 140 valence electrons. The fraction of sp³-hybridized carbons (Fsp3) is 0.0952. The van der Waals surface area contributed by atoms with Crippen molar-refractivity contribution in [2.24, 2.45) is 7.05 Å². The van der Waals surface area contributed by atoms with Crippen molar-refractivity contribution < 1.29 is 4.79 Å². The number of carbonyl (C=O) groups excluding carboxylic acids is 1. The van der Waals surface area contributed by atoms with Crippen LogP contribution in [-0.4, -0.2) is 25.2 Å². The van der Waals surface area contributed by atoms with Gasteiger partial charge in [0.05, 0.1) is 18.3 Å². The topological polar surface area (TPSA) is 64.7 Å². The monoisotopic (exact) mass is 389 g/mol. The molecule has 4 aromatic rings. The van der Waals surface area contributed by atoms with Gasteiger partial charge in [0, 0.05) is 36.2 Å². The first-order valence-corrected chi connectivity index (χ1v) is 9.63. The van der Waals surface area contributed by atoms with Crippen LogP contribution < -0.4 is 5.32 Å². The largest absolute Gasteiger partial charge is 0.329 e. The third-order valence-corrected chi connectivity index (χ3v) is 5.23. The number of amides is 1. The van der Waals surface area contributed by atoms with Crippen molar-refractivity contribution in [2.45, 2.75) is 16.5 Å². The Morgan fingerprint density at radius 2 is 1.89 bits per heavy atom. The molecule has 0 saturated heterocycles. The van der Waals surface area contributed by atoms with Gasteiger partial charge in [-0.3, -0.25) is 4.79 Å². The zero-order valence-electron chi connectivity index (χ0n) is 15.3. The number of imidazole rings is 1. The summed E-state index contributed by atoms with van der Waals surface area (Å²) in [4.78, 5) is 17.7. The first-order valence-electron chi connectivity index (χ1n) is 8.81. The highest BCUT2D eigenvalue weighted by Crippen LogP contribution is 2.26. The van der Waals surface area contributed by atoms with Crippen molar-refractivity contribution in [3.8, 4) is 5.69 Å². The molecule has 0 aliphatic rings. The van der Waals surface area contributed by atoms with Gasteiger partial charge in [-0.1, -0.05) is 30.0 Å². The van der Waals surface area contributed by atoms with Crippen LogP contribution in [0.5, 0.6) is 0 Å². The molecule has 4 rings (SSSR count). The number of aryl methyl sites for hydroxylation is 1. The molecule has 1 amide bonds. The van der Waals surface area contributed by atoms with E-state index in [1.165, 1.54) is 0 Å². The highest BCUT2D eigenvalue weighted by Gasteiger charge is 2.08. The van der Waals surface area contributed by atoms with Crippen molar-refractivity contribution in [2.75, 3.05) is 5.32 Å². The van der Waals surface area contributed by atoms with Crippen LogP contribution in [0, 0.1) is 0 Å². The number of hydrogen-bond acceptors (Lipinski definition) is 4. The lowest BCUT2D eigenvalue weighted by Gasteiger charge is -2.06. The van der Waals surface area contributed by atoms with Crippen LogP contribution in [0.25, 0.3) is 5.69 Å². The van der Waals surface area contributed by atoms with Gasteiger partial charge >= 0.3 is 0 Å². The van der Waals surface area contributed by atoms with Gasteiger partial charge in [0.1, 0.15) is 0 Å². The lowest BCUT2D eigenvalue weighted by atomic mass is 10.2. The Hall–Kier alpha value is -3.32. The number of carbonyl (C=O) groups is 1. The van der Waals surface area contributed by atoms with Gasteiger partial charge in [0.25, 0.3) is 0 Å². The fourth-order valence-corrected chi connectivity index (χ4v) is 3.53. The number of rotatable bonds is 6. The molecule has 0 aliphatic heterocycles. The van der Waals surface area contributed by atoms with Crippen LogP contribution in [0.4, 0.5) is 5.69 Å². The molecule has 28 heavy (non-hydrogen) atoms. The number of nitrogens with zero attached hydrogens (tertiary/aromatic N) is 4. The minimum Gasteiger partial charge on any atom is -0.329 e. The molecule has 2 aromatic carbocycles. The summed E-state index contributed by atoms with van der Waals surface area (Å²) < 4.78 is 3.74. The zero-order chi connectivity index (χ0) is 19.3. The summed E-state index contributed by atoms with van der Waals surface area (Å²) in [6.07, 6.45) is 7.56. The standard InChI is InChI=1S/C21H19N5OS/c1-25-12-11-22-21(25)28-19-9-7-17(8-10-19)24-20(27)13-16-14-23-26(15-16)18-5-3-2-4-6-18/h2-12,14-15H,13H2,1H3,(H,24,27). The number of nitrogens with one attached hydrogen (secondary N) is 1. The van der Waals surface area contributed by atoms with E-state index in [9.17, 15) is 4.79 Å². The van der Waals surface area contributed by atoms with Crippen LogP contribution >= 0.6 is 11.8 Å². The Balaban J connectivity index is 1.35. The van der Waals surface area contributed by atoms with E-state index in [0.717, 1.165) is 27.0 Å². The van der Waals surface area contributed by atoms with Gasteiger partial charge < -0.3 is 9.88 Å². The molecule has 6 nitrogen and oxygen atoms in total. The van der Waals surface area contributed by atoms with Crippen LogP contribution in [0.2, 0.25) is 0 Å². The Morgan fingerprint density at radius 1 is 1.11 bits per heavy atom. The van der Waals surface area contributed by atoms with E-state index in [0.29, 0.717) is 0 Å². The quantitative estimate of drug-likeness (QED) is 0.543. The first-order chi connectivity index (χ1) is 13.7. The van der Waals surface area contributed by atoms with Crippen LogP contribution in [0.15, 0.2) is 89.4 Å². The van der Waals surface area contributed by atoms with Crippen LogP contribution in [0.1, 0.15) is 5.56 Å². The average molecular weight is 389 g/mol. The Kier molecular flexibility index (Phi) is 5.25. The van der Waals surface area contributed by atoms with Gasteiger partial charge in [-0.25, -0.2) is 9.67 Å². The molecule has 0 aliphatic carbocycles. The van der Waals surface area contributed by atoms with E-state index in [4.69, 9.17) is 0 Å². The zero-order valence-corrected chi connectivity index (χ0v) is 16.1. The SMILES string of the molecule is Cn1ccnc1Sc1ccc(NC(=O)Cc2cnn(-c3ccccc3)c2)cc1. The normalized spacial score (nSPS) is 10.8. The van der Waals surface area contributed by atoms with E-state index < -0.39 is 0 Å². The summed E-state index contributed by atoms with van der Waals surface area (Å²) in [5.41, 5.74) is 2.60. The minimum atomic E-state index is -0.0721. The van der Waals surface area contributed by atoms with Crippen LogP contribution in [-0.2, 0) is 18.3 Å². The van der Waals surface area contributed by atoms with Crippen molar-refractivity contribution >= 4 is 23.4 Å². The van der Waals surface area contributed by atoms with Gasteiger partial charge in [0.2, 0.25) is 5.91 Å². The number of benzene rings is 2. The van der Waals surface area contributed by atoms with Crippen molar-refractivity contribution in [3.05, 3.63) is 84.9 Å². The number of anilines is 1. The minimum absolute atomic E-state index is 0.0721. The first kappa shape index (κ1) is 18.1. The number of para-hydroxylation sites is 1. The molecule has 0 atom stereocenters. The maximum atomic E-state index is 12.3. The summed E-state index contributed by atoms with van der Waals surface area (Å²) >= 11 is 1.58. The molecule has 2 heterocycles. The Morgan fingerprint density at radius 3 is 2.61 bits per heavy atom. The molecule has 2 aromatic heterocycles. The molecule has 0 spiro atoms. The molecule has 1 N–H and O–H groups in total. The van der Waals surface area contributed by atoms with E-state index in [2.05, 4.69) is 15.4 Å². The molecule has 0 radical (unpaired) electrons. The summed E-state index contributed by atoms with van der Waals surface area (Å²) in [5.74, 6) is -0.0721. The lowest BCUT2D eigenvalue weighted by molar-refractivity contribution is -0.115. The van der Waals surface area contributed by atoms with E-state index in [1.807, 2.05) is 78.6 Å². The highest BCUT2D eigenvalue weighted by atomic mass is 32.2. The van der Waals surface area contributed by atoms with Crippen molar-refractivity contribution in [3.63, 3.8) is 0 Å². The van der Waals surface area contributed by atoms with Gasteiger partial charge in [0.15, 0.2) is 5.16 Å². The van der Waals surface area contributed by atoms with Gasteiger partial charge in [-0.15, -0.1) is 0 Å². The third kappa shape index (κ3) is 4.32. The molecule has 0 unspecified atom stereocenters.